The molecule has 0 saturated carbocycles. The zero-order valence-electron chi connectivity index (χ0n) is 14.2. The van der Waals surface area contributed by atoms with E-state index in [1.807, 2.05) is 0 Å². The number of urea groups is 1. The van der Waals surface area contributed by atoms with E-state index < -0.39 is 12.0 Å². The molecular formula is C16H22ClN3O4. The molecule has 0 fully saturated rings. The van der Waals surface area contributed by atoms with Gasteiger partial charge < -0.3 is 20.3 Å². The van der Waals surface area contributed by atoms with Crippen molar-refractivity contribution < 1.29 is 19.1 Å². The van der Waals surface area contributed by atoms with Crippen molar-refractivity contribution in [2.45, 2.75) is 26.3 Å². The molecule has 24 heavy (non-hydrogen) atoms. The number of anilines is 1. The first kappa shape index (κ1) is 19.8. The van der Waals surface area contributed by atoms with Crippen molar-refractivity contribution in [1.82, 2.24) is 10.2 Å². The molecule has 0 spiro atoms. The maximum Gasteiger partial charge on any atom is 0.339 e. The summed E-state index contributed by atoms with van der Waals surface area (Å²) in [5.74, 6) is -0.710. The quantitative estimate of drug-likeness (QED) is 0.767. The minimum atomic E-state index is -0.556. The number of hydrogen-bond acceptors (Lipinski definition) is 4. The van der Waals surface area contributed by atoms with Gasteiger partial charge in [0.1, 0.15) is 0 Å². The van der Waals surface area contributed by atoms with E-state index in [0.717, 1.165) is 0 Å². The van der Waals surface area contributed by atoms with Gasteiger partial charge in [0.15, 0.2) is 0 Å². The van der Waals surface area contributed by atoms with Crippen LogP contribution in [0.2, 0.25) is 5.02 Å². The third-order valence-corrected chi connectivity index (χ3v) is 3.78. The van der Waals surface area contributed by atoms with Gasteiger partial charge in [0, 0.05) is 32.2 Å². The van der Waals surface area contributed by atoms with Crippen LogP contribution >= 0.6 is 11.6 Å². The number of amides is 3. The molecule has 132 valence electrons. The van der Waals surface area contributed by atoms with E-state index in [4.69, 9.17) is 16.3 Å². The Morgan fingerprint density at radius 2 is 2.00 bits per heavy atom. The first-order valence-electron chi connectivity index (χ1n) is 7.51. The van der Waals surface area contributed by atoms with Gasteiger partial charge in [-0.05, 0) is 32.0 Å². The van der Waals surface area contributed by atoms with Crippen molar-refractivity contribution in [3.8, 4) is 0 Å². The van der Waals surface area contributed by atoms with Gasteiger partial charge in [-0.1, -0.05) is 11.6 Å². The number of esters is 1. The van der Waals surface area contributed by atoms with Gasteiger partial charge in [0.25, 0.3) is 0 Å². The summed E-state index contributed by atoms with van der Waals surface area (Å²) in [5.41, 5.74) is 0.587. The normalized spacial score (nSPS) is 11.4. The summed E-state index contributed by atoms with van der Waals surface area (Å²) >= 11 is 5.98. The number of hydrogen-bond donors (Lipinski definition) is 2. The molecular weight excluding hydrogens is 334 g/mol. The van der Waals surface area contributed by atoms with Gasteiger partial charge in [-0.2, -0.15) is 0 Å². The molecule has 0 aliphatic rings. The Hall–Kier alpha value is -2.28. The standard InChI is InChI=1S/C16H22ClN3O4/c1-5-24-15(22)12-9-11(6-7-13(12)17)19-16(23)20(4)10(2)8-14(21)18-3/h6-7,9-10H,5,8H2,1-4H3,(H,18,21)(H,19,23). The van der Waals surface area contributed by atoms with Crippen LogP contribution in [0.3, 0.4) is 0 Å². The molecule has 8 heteroatoms. The van der Waals surface area contributed by atoms with Gasteiger partial charge >= 0.3 is 12.0 Å². The van der Waals surface area contributed by atoms with Gasteiger partial charge in [-0.15, -0.1) is 0 Å². The molecule has 1 atom stereocenters. The third-order valence-electron chi connectivity index (χ3n) is 3.45. The number of nitrogens with zero attached hydrogens (tertiary/aromatic N) is 1. The van der Waals surface area contributed by atoms with Crippen LogP contribution in [0.25, 0.3) is 0 Å². The lowest BCUT2D eigenvalue weighted by Gasteiger charge is -2.24. The van der Waals surface area contributed by atoms with Crippen molar-refractivity contribution in [3.05, 3.63) is 28.8 Å². The second kappa shape index (κ2) is 9.12. The Labute approximate surface area is 146 Å². The number of rotatable bonds is 6. The lowest BCUT2D eigenvalue weighted by molar-refractivity contribution is -0.121. The number of benzene rings is 1. The van der Waals surface area contributed by atoms with Gasteiger partial charge in [-0.25, -0.2) is 9.59 Å². The Morgan fingerprint density at radius 3 is 2.58 bits per heavy atom. The molecule has 0 aromatic heterocycles. The molecule has 2 N–H and O–H groups in total. The Morgan fingerprint density at radius 1 is 1.33 bits per heavy atom. The van der Waals surface area contributed by atoms with Crippen LogP contribution in [0.5, 0.6) is 0 Å². The smallest absolute Gasteiger partial charge is 0.339 e. The second-order valence-electron chi connectivity index (χ2n) is 5.18. The van der Waals surface area contributed by atoms with Crippen LogP contribution in [-0.2, 0) is 9.53 Å². The average molecular weight is 356 g/mol. The van der Waals surface area contributed by atoms with Crippen molar-refractivity contribution in [1.29, 1.82) is 0 Å². The minimum absolute atomic E-state index is 0.154. The molecule has 0 radical (unpaired) electrons. The summed E-state index contributed by atoms with van der Waals surface area (Å²) in [4.78, 5) is 36.9. The highest BCUT2D eigenvalue weighted by Crippen LogP contribution is 2.22. The zero-order valence-corrected chi connectivity index (χ0v) is 14.9. The molecule has 0 aliphatic carbocycles. The predicted octanol–water partition coefficient (Wildman–Crippen LogP) is 2.51. The Balaban J connectivity index is 2.81. The summed E-state index contributed by atoms with van der Waals surface area (Å²) < 4.78 is 4.92. The number of ether oxygens (including phenoxy) is 1. The van der Waals surface area contributed by atoms with Gasteiger partial charge in [0.05, 0.1) is 17.2 Å². The van der Waals surface area contributed by atoms with Gasteiger partial charge in [0.2, 0.25) is 5.91 Å². The highest BCUT2D eigenvalue weighted by Gasteiger charge is 2.19. The average Bonchev–Trinajstić information content (AvgIpc) is 2.55. The fourth-order valence-electron chi connectivity index (χ4n) is 1.89. The molecule has 0 heterocycles. The predicted molar refractivity (Wildman–Crippen MR) is 92.3 cm³/mol. The largest absolute Gasteiger partial charge is 0.462 e. The van der Waals surface area contributed by atoms with Crippen LogP contribution in [-0.4, -0.2) is 49.6 Å². The lowest BCUT2D eigenvalue weighted by Crippen LogP contribution is -2.40. The van der Waals surface area contributed by atoms with Crippen LogP contribution in [0.15, 0.2) is 18.2 Å². The summed E-state index contributed by atoms with van der Waals surface area (Å²) in [5, 5.41) is 5.42. The molecule has 1 aromatic carbocycles. The van der Waals surface area contributed by atoms with Crippen LogP contribution in [0, 0.1) is 0 Å². The summed E-state index contributed by atoms with van der Waals surface area (Å²) in [7, 11) is 3.13. The van der Waals surface area contributed by atoms with E-state index in [1.54, 1.807) is 34.0 Å². The van der Waals surface area contributed by atoms with E-state index in [2.05, 4.69) is 10.6 Å². The fraction of sp³-hybridized carbons (Fsp3) is 0.438. The lowest BCUT2D eigenvalue weighted by atomic mass is 10.2. The summed E-state index contributed by atoms with van der Waals surface area (Å²) in [6, 6.07) is 3.86. The highest BCUT2D eigenvalue weighted by atomic mass is 35.5. The monoisotopic (exact) mass is 355 g/mol. The molecule has 7 nitrogen and oxygen atoms in total. The highest BCUT2D eigenvalue weighted by molar-refractivity contribution is 6.33. The molecule has 1 unspecified atom stereocenters. The van der Waals surface area contributed by atoms with Gasteiger partial charge in [-0.3, -0.25) is 4.79 Å². The van der Waals surface area contributed by atoms with Crippen molar-refractivity contribution in [3.63, 3.8) is 0 Å². The topological polar surface area (TPSA) is 87.7 Å². The van der Waals surface area contributed by atoms with Crippen LogP contribution in [0.4, 0.5) is 10.5 Å². The molecule has 3 amide bonds. The van der Waals surface area contributed by atoms with E-state index >= 15 is 0 Å². The third kappa shape index (κ3) is 5.42. The number of nitrogens with one attached hydrogen (secondary N) is 2. The van der Waals surface area contributed by atoms with E-state index in [-0.39, 0.29) is 35.6 Å². The molecule has 1 rings (SSSR count). The first-order chi connectivity index (χ1) is 11.3. The summed E-state index contributed by atoms with van der Waals surface area (Å²) in [6.45, 7) is 3.69. The molecule has 1 aromatic rings. The first-order valence-corrected chi connectivity index (χ1v) is 7.89. The summed E-state index contributed by atoms with van der Waals surface area (Å²) in [6.07, 6.45) is 0.190. The Kier molecular flexibility index (Phi) is 7.51. The minimum Gasteiger partial charge on any atom is -0.462 e. The molecule has 0 aliphatic heterocycles. The number of halogens is 1. The SMILES string of the molecule is CCOC(=O)c1cc(NC(=O)N(C)C(C)CC(=O)NC)ccc1Cl. The van der Waals surface area contributed by atoms with E-state index in [0.29, 0.717) is 5.69 Å². The van der Waals surface area contributed by atoms with Crippen LogP contribution < -0.4 is 10.6 Å². The van der Waals surface area contributed by atoms with Crippen LogP contribution in [0.1, 0.15) is 30.6 Å². The second-order valence-corrected chi connectivity index (χ2v) is 5.59. The van der Waals surface area contributed by atoms with Crippen molar-refractivity contribution >= 4 is 35.2 Å². The number of carbonyl (C=O) groups excluding carboxylic acids is 3. The maximum atomic E-state index is 12.2. The van der Waals surface area contributed by atoms with Crippen molar-refractivity contribution in [2.24, 2.45) is 0 Å². The molecule has 0 saturated heterocycles. The fourth-order valence-corrected chi connectivity index (χ4v) is 2.08. The van der Waals surface area contributed by atoms with E-state index in [9.17, 15) is 14.4 Å². The van der Waals surface area contributed by atoms with E-state index in [1.165, 1.54) is 17.0 Å². The molecule has 0 bridgehead atoms. The maximum absolute atomic E-state index is 12.2. The Bertz CT molecular complexity index is 621. The van der Waals surface area contributed by atoms with Crippen molar-refractivity contribution in [2.75, 3.05) is 26.0 Å². The number of carbonyl (C=O) groups is 3. The zero-order chi connectivity index (χ0) is 18.3.